The molecule has 0 bridgehead atoms. The highest BCUT2D eigenvalue weighted by molar-refractivity contribution is 5.97. The number of hydrogen-bond acceptors (Lipinski definition) is 4. The van der Waals surface area contributed by atoms with Crippen LogP contribution in [0.1, 0.15) is 41.8 Å². The minimum Gasteiger partial charge on any atom is -0.451 e. The number of nitrogens with one attached hydrogen (secondary N) is 2. The van der Waals surface area contributed by atoms with Gasteiger partial charge in [-0.1, -0.05) is 48.5 Å². The zero-order valence-corrected chi connectivity index (χ0v) is 17.1. The Kier molecular flexibility index (Phi) is 8.40. The summed E-state index contributed by atoms with van der Waals surface area (Å²) in [6.07, 6.45) is 0.696. The number of esters is 1. The third-order valence-corrected chi connectivity index (χ3v) is 4.56. The van der Waals surface area contributed by atoms with Crippen molar-refractivity contribution >= 4 is 17.8 Å². The second-order valence-electron chi connectivity index (χ2n) is 7.06. The molecule has 0 aliphatic carbocycles. The van der Waals surface area contributed by atoms with E-state index in [0.29, 0.717) is 5.56 Å². The molecule has 2 N–H and O–H groups in total. The van der Waals surface area contributed by atoms with Crippen molar-refractivity contribution < 1.29 is 19.1 Å². The molecule has 29 heavy (non-hydrogen) atoms. The first kappa shape index (κ1) is 22.1. The van der Waals surface area contributed by atoms with E-state index < -0.39 is 12.1 Å². The number of amides is 2. The van der Waals surface area contributed by atoms with E-state index in [4.69, 9.17) is 4.74 Å². The van der Waals surface area contributed by atoms with Gasteiger partial charge in [0, 0.05) is 11.6 Å². The van der Waals surface area contributed by atoms with Gasteiger partial charge in [-0.05, 0) is 50.8 Å². The molecule has 0 saturated heterocycles. The van der Waals surface area contributed by atoms with E-state index in [1.807, 2.05) is 56.3 Å². The van der Waals surface area contributed by atoms with Gasteiger partial charge >= 0.3 is 5.97 Å². The lowest BCUT2D eigenvalue weighted by molar-refractivity contribution is -0.154. The number of carbonyl (C=O) groups excluding carboxylic acids is 3. The number of aryl methyl sites for hydroxylation is 2. The monoisotopic (exact) mass is 396 g/mol. The molecule has 0 aliphatic heterocycles. The minimum atomic E-state index is -0.933. The lowest BCUT2D eigenvalue weighted by Crippen LogP contribution is -2.42. The Morgan fingerprint density at radius 3 is 2.31 bits per heavy atom. The molecule has 0 unspecified atom stereocenters. The standard InChI is InChI=1S/C23H28N2O4/c1-16-9-7-8-12-20(16)23(28)24-15-21(26)29-18(3)22(27)25-17(2)13-14-19-10-5-4-6-11-19/h4-12,17-18H,13-15H2,1-3H3,(H,24,28)(H,25,27)/t17-,18+/m1/s1. The van der Waals surface area contributed by atoms with Gasteiger partial charge in [0.2, 0.25) is 0 Å². The average molecular weight is 396 g/mol. The number of benzene rings is 2. The Morgan fingerprint density at radius 2 is 1.62 bits per heavy atom. The van der Waals surface area contributed by atoms with Gasteiger partial charge in [-0.15, -0.1) is 0 Å². The number of ether oxygens (including phenoxy) is 1. The number of carbonyl (C=O) groups is 3. The SMILES string of the molecule is Cc1ccccc1C(=O)NCC(=O)O[C@@H](C)C(=O)N[C@H](C)CCc1ccccc1. The van der Waals surface area contributed by atoms with Crippen LogP contribution in [0.4, 0.5) is 0 Å². The van der Waals surface area contributed by atoms with Crippen molar-refractivity contribution in [2.45, 2.75) is 45.8 Å². The van der Waals surface area contributed by atoms with E-state index in [1.54, 1.807) is 12.1 Å². The molecule has 2 amide bonds. The maximum Gasteiger partial charge on any atom is 0.326 e. The summed E-state index contributed by atoms with van der Waals surface area (Å²) < 4.78 is 5.13. The van der Waals surface area contributed by atoms with Crippen molar-refractivity contribution in [3.63, 3.8) is 0 Å². The predicted molar refractivity (Wildman–Crippen MR) is 111 cm³/mol. The van der Waals surface area contributed by atoms with Crippen molar-refractivity contribution in [2.75, 3.05) is 6.54 Å². The summed E-state index contributed by atoms with van der Waals surface area (Å²) in [5.41, 5.74) is 2.52. The van der Waals surface area contributed by atoms with Crippen LogP contribution in [0.15, 0.2) is 54.6 Å². The zero-order chi connectivity index (χ0) is 21.2. The van der Waals surface area contributed by atoms with Gasteiger partial charge in [0.05, 0.1) is 0 Å². The smallest absolute Gasteiger partial charge is 0.326 e. The van der Waals surface area contributed by atoms with Crippen LogP contribution >= 0.6 is 0 Å². The van der Waals surface area contributed by atoms with Gasteiger partial charge in [-0.25, -0.2) is 0 Å². The maximum absolute atomic E-state index is 12.2. The van der Waals surface area contributed by atoms with Crippen LogP contribution in [0, 0.1) is 6.92 Å². The molecule has 0 saturated carbocycles. The summed E-state index contributed by atoms with van der Waals surface area (Å²) in [4.78, 5) is 36.3. The summed E-state index contributed by atoms with van der Waals surface area (Å²) >= 11 is 0. The summed E-state index contributed by atoms with van der Waals surface area (Å²) in [7, 11) is 0. The van der Waals surface area contributed by atoms with Gasteiger partial charge in [0.15, 0.2) is 6.10 Å². The fourth-order valence-electron chi connectivity index (χ4n) is 2.83. The van der Waals surface area contributed by atoms with E-state index in [2.05, 4.69) is 10.6 Å². The highest BCUT2D eigenvalue weighted by Crippen LogP contribution is 2.07. The van der Waals surface area contributed by atoms with Crippen LogP contribution in [-0.2, 0) is 20.7 Å². The molecule has 2 aromatic rings. The van der Waals surface area contributed by atoms with Crippen molar-refractivity contribution in [1.82, 2.24) is 10.6 Å². The molecule has 0 spiro atoms. The normalized spacial score (nSPS) is 12.5. The zero-order valence-electron chi connectivity index (χ0n) is 17.1. The topological polar surface area (TPSA) is 84.5 Å². The third-order valence-electron chi connectivity index (χ3n) is 4.56. The van der Waals surface area contributed by atoms with E-state index in [9.17, 15) is 14.4 Å². The minimum absolute atomic E-state index is 0.0513. The van der Waals surface area contributed by atoms with Crippen LogP contribution in [0.3, 0.4) is 0 Å². The summed E-state index contributed by atoms with van der Waals surface area (Å²) in [5, 5.41) is 5.37. The Labute approximate surface area is 171 Å². The molecule has 0 heterocycles. The molecule has 2 rings (SSSR count). The molecule has 0 radical (unpaired) electrons. The largest absolute Gasteiger partial charge is 0.451 e. The molecule has 154 valence electrons. The number of hydrogen-bond donors (Lipinski definition) is 2. The van der Waals surface area contributed by atoms with Crippen molar-refractivity contribution in [1.29, 1.82) is 0 Å². The lowest BCUT2D eigenvalue weighted by atomic mass is 10.1. The van der Waals surface area contributed by atoms with Gasteiger partial charge < -0.3 is 15.4 Å². The summed E-state index contributed by atoms with van der Waals surface area (Å²) in [5.74, 6) is -1.37. The second-order valence-corrected chi connectivity index (χ2v) is 7.06. The first-order valence-electron chi connectivity index (χ1n) is 9.74. The Morgan fingerprint density at radius 1 is 0.966 bits per heavy atom. The first-order chi connectivity index (χ1) is 13.9. The lowest BCUT2D eigenvalue weighted by Gasteiger charge is -2.18. The van der Waals surface area contributed by atoms with Gasteiger partial charge in [0.1, 0.15) is 6.54 Å². The van der Waals surface area contributed by atoms with Crippen molar-refractivity contribution in [3.8, 4) is 0 Å². The Hall–Kier alpha value is -3.15. The van der Waals surface area contributed by atoms with E-state index in [-0.39, 0.29) is 24.4 Å². The predicted octanol–water partition coefficient (Wildman–Crippen LogP) is 2.79. The Balaban J connectivity index is 1.71. The van der Waals surface area contributed by atoms with E-state index >= 15 is 0 Å². The molecule has 0 aromatic heterocycles. The first-order valence-corrected chi connectivity index (χ1v) is 9.74. The quantitative estimate of drug-likeness (QED) is 0.639. The average Bonchev–Trinajstić information content (AvgIpc) is 2.71. The van der Waals surface area contributed by atoms with Crippen LogP contribution in [-0.4, -0.2) is 36.5 Å². The molecular formula is C23H28N2O4. The molecule has 2 aromatic carbocycles. The summed E-state index contributed by atoms with van der Waals surface area (Å²) in [6, 6.07) is 17.1. The fourth-order valence-corrected chi connectivity index (χ4v) is 2.83. The third kappa shape index (κ3) is 7.41. The molecule has 6 heteroatoms. The van der Waals surface area contributed by atoms with Crippen LogP contribution in [0.5, 0.6) is 0 Å². The molecular weight excluding hydrogens is 368 g/mol. The summed E-state index contributed by atoms with van der Waals surface area (Å²) in [6.45, 7) is 4.95. The molecule has 0 fully saturated rings. The van der Waals surface area contributed by atoms with Crippen LogP contribution in [0.25, 0.3) is 0 Å². The Bertz CT molecular complexity index is 836. The van der Waals surface area contributed by atoms with Gasteiger partial charge in [-0.2, -0.15) is 0 Å². The number of rotatable bonds is 9. The molecule has 2 atom stereocenters. The van der Waals surface area contributed by atoms with Crippen molar-refractivity contribution in [3.05, 3.63) is 71.3 Å². The fraction of sp³-hybridized carbons (Fsp3) is 0.348. The second kappa shape index (κ2) is 11.0. The van der Waals surface area contributed by atoms with Gasteiger partial charge in [0.25, 0.3) is 11.8 Å². The van der Waals surface area contributed by atoms with Crippen molar-refractivity contribution in [2.24, 2.45) is 0 Å². The van der Waals surface area contributed by atoms with Crippen LogP contribution in [0.2, 0.25) is 0 Å². The maximum atomic E-state index is 12.2. The highest BCUT2D eigenvalue weighted by Gasteiger charge is 2.20. The van der Waals surface area contributed by atoms with Crippen LogP contribution < -0.4 is 10.6 Å². The molecule has 6 nitrogen and oxygen atoms in total. The van der Waals surface area contributed by atoms with E-state index in [0.717, 1.165) is 18.4 Å². The highest BCUT2D eigenvalue weighted by atomic mass is 16.5. The molecule has 0 aliphatic rings. The van der Waals surface area contributed by atoms with E-state index in [1.165, 1.54) is 12.5 Å². The van der Waals surface area contributed by atoms with Gasteiger partial charge in [-0.3, -0.25) is 14.4 Å².